The van der Waals surface area contributed by atoms with Crippen LogP contribution in [-0.4, -0.2) is 174 Å². The van der Waals surface area contributed by atoms with Gasteiger partial charge in [0.2, 0.25) is 5.91 Å². The molecule has 63 heavy (non-hydrogen) atoms. The molecule has 4 saturated carbocycles. The summed E-state index contributed by atoms with van der Waals surface area (Å²) in [5.41, 5.74) is 0.172. The predicted molar refractivity (Wildman–Crippen MR) is 220 cm³/mol. The summed E-state index contributed by atoms with van der Waals surface area (Å²) in [5, 5.41) is 67.1. The van der Waals surface area contributed by atoms with E-state index in [1.165, 1.54) is 9.80 Å². The van der Waals surface area contributed by atoms with Crippen LogP contribution in [0.1, 0.15) is 104 Å². The molecule has 0 aromatic heterocycles. The van der Waals surface area contributed by atoms with Gasteiger partial charge in [-0.2, -0.15) is 0 Å². The largest absolute Gasteiger partial charge is 3.00 e. The van der Waals surface area contributed by atoms with Crippen LogP contribution in [0.25, 0.3) is 0 Å². The van der Waals surface area contributed by atoms with Crippen molar-refractivity contribution in [1.82, 2.24) is 19.6 Å². The monoisotopic (exact) mass is 1040 g/mol. The van der Waals surface area contributed by atoms with E-state index in [-0.39, 0.29) is 108 Å². The van der Waals surface area contributed by atoms with Gasteiger partial charge in [-0.3, -0.25) is 53.1 Å². The molecule has 4 aliphatic rings. The summed E-state index contributed by atoms with van der Waals surface area (Å²) in [6.45, 7) is 2.79. The van der Waals surface area contributed by atoms with Gasteiger partial charge in [0.05, 0.1) is 26.2 Å². The van der Waals surface area contributed by atoms with Crippen molar-refractivity contribution in [3.8, 4) is 0 Å². The third-order valence-corrected chi connectivity index (χ3v) is 15.5. The number of carbonyl (C=O) groups is 8. The van der Waals surface area contributed by atoms with Gasteiger partial charge in [0.15, 0.2) is 0 Å². The quantitative estimate of drug-likeness (QED) is 0.0656. The van der Waals surface area contributed by atoms with Crippen LogP contribution in [0.3, 0.4) is 0 Å². The normalized spacial score (nSPS) is 28.5. The predicted octanol–water partition coefficient (Wildman–Crippen LogP) is 2.91. The molecule has 20 heteroatoms. The number of rotatable bonds is 26. The van der Waals surface area contributed by atoms with Crippen LogP contribution in [0.15, 0.2) is 0 Å². The Morgan fingerprint density at radius 2 is 1.08 bits per heavy atom. The first-order valence-electron chi connectivity index (χ1n) is 22.1. The van der Waals surface area contributed by atoms with E-state index in [0.717, 1.165) is 54.7 Å². The second-order valence-electron chi connectivity index (χ2n) is 19.1. The molecule has 4 fully saturated rings. The van der Waals surface area contributed by atoms with Crippen molar-refractivity contribution < 1.29 is 114 Å². The Morgan fingerprint density at radius 3 is 1.57 bits per heavy atom. The van der Waals surface area contributed by atoms with Crippen LogP contribution in [0.2, 0.25) is 0 Å². The Bertz CT molecular complexity index is 1600. The fourth-order valence-corrected chi connectivity index (χ4v) is 12.6. The van der Waals surface area contributed by atoms with E-state index >= 15 is 0 Å². The number of fused-ring (bicyclic) bond motifs is 5. The molecular weight excluding hydrogens is 970 g/mol. The van der Waals surface area contributed by atoms with E-state index in [9.17, 15) is 74.1 Å². The molecule has 0 aliphatic heterocycles. The van der Waals surface area contributed by atoms with E-state index in [4.69, 9.17) is 0 Å². The molecule has 4 rings (SSSR count). The third-order valence-electron chi connectivity index (χ3n) is 15.5. The molecule has 0 spiro atoms. The third kappa shape index (κ3) is 14.5. The molecule has 1 radical (unpaired) electrons. The zero-order valence-electron chi connectivity index (χ0n) is 36.7. The van der Waals surface area contributed by atoms with Crippen molar-refractivity contribution in [3.05, 3.63) is 0 Å². The van der Waals surface area contributed by atoms with Gasteiger partial charge in [-0.25, -0.2) is 0 Å². The van der Waals surface area contributed by atoms with Crippen LogP contribution < -0.4 is 0 Å². The summed E-state index contributed by atoms with van der Waals surface area (Å²) >= 11 is 0. The molecule has 355 valence electrons. The Labute approximate surface area is 400 Å². The average Bonchev–Trinajstić information content (AvgIpc) is 3.52. The molecule has 0 saturated heterocycles. The maximum atomic E-state index is 14.1. The summed E-state index contributed by atoms with van der Waals surface area (Å²) in [5.74, 6) is -6.51. The minimum Gasteiger partial charge on any atom is -0.481 e. The molecule has 0 heterocycles. The number of carboxylic acids is 7. The van der Waals surface area contributed by atoms with Gasteiger partial charge in [0.25, 0.3) is 0 Å². The van der Waals surface area contributed by atoms with Crippen LogP contribution >= 0.6 is 0 Å². The molecule has 4 aliphatic carbocycles. The second kappa shape index (κ2) is 23.9. The number of nitrogens with zero attached hydrogens (tertiary/aromatic N) is 4. The number of aliphatic carboxylic acids is 7. The topological polar surface area (TPSA) is 291 Å². The van der Waals surface area contributed by atoms with Gasteiger partial charge in [0, 0.05) is 45.1 Å². The molecular formula is C43H68GdN4O15+3. The summed E-state index contributed by atoms with van der Waals surface area (Å²) in [6, 6.07) is -1.82. The first-order chi connectivity index (χ1) is 29.0. The van der Waals surface area contributed by atoms with Crippen LogP contribution in [0, 0.1) is 86.3 Å². The molecule has 7 N–H and O–H groups in total. The Kier molecular flexibility index (Phi) is 20.6. The van der Waals surface area contributed by atoms with Gasteiger partial charge < -0.3 is 40.6 Å². The number of amides is 1. The fraction of sp³-hybridized carbons (Fsp3) is 0.814. The minimum atomic E-state index is -1.43. The molecule has 5 unspecified atom stereocenters. The number of hydrogen-bond acceptors (Lipinski definition) is 11. The smallest absolute Gasteiger partial charge is 0.481 e. The molecule has 19 nitrogen and oxygen atoms in total. The molecule has 0 aromatic rings. The van der Waals surface area contributed by atoms with E-state index in [0.29, 0.717) is 48.9 Å². The van der Waals surface area contributed by atoms with E-state index in [1.807, 2.05) is 0 Å². The van der Waals surface area contributed by atoms with Crippen LogP contribution in [-0.2, 0) is 38.4 Å². The number of carbonyl (C=O) groups excluding carboxylic acids is 1. The van der Waals surface area contributed by atoms with Gasteiger partial charge in [0.1, 0.15) is 12.6 Å². The van der Waals surface area contributed by atoms with Crippen molar-refractivity contribution in [3.63, 3.8) is 0 Å². The Balaban J connectivity index is 0.0000106. The summed E-state index contributed by atoms with van der Waals surface area (Å²) in [4.78, 5) is 101. The average molecular weight is 1040 g/mol. The Hall–Kier alpha value is -3.04. The van der Waals surface area contributed by atoms with Crippen molar-refractivity contribution in [1.29, 1.82) is 0 Å². The van der Waals surface area contributed by atoms with Gasteiger partial charge in [-0.15, -0.1) is 0 Å². The minimum absolute atomic E-state index is 0. The zero-order chi connectivity index (χ0) is 46.1. The molecule has 0 aromatic carbocycles. The standard InChI is InChI=1S/C43H68N4O15.Gd/c1-26(4-11-35(49)50)30-7-8-31-29-6-5-27-20-28(12-14-42(27,2)32(29)13-15-43(30,31)3)47(25-40(59)60)34(48)10-9-33(41(61)62)46(18-16-44(21-36(51)52)22-37(53)54)19-17-45(23-38(55)56)24-39(57)58;/h26-33H,4-25H2,1-3H3,(H,49,50)(H,51,52)(H,53,54)(H,55,56)(H,57,58)(H,59,60)(H,61,62);/q;+3/t26?,27?,28-,29?,30+,31?,32?,33-,42-,43+;/m0./s1. The maximum Gasteiger partial charge on any atom is 3.00 e. The molecule has 1 amide bonds. The van der Waals surface area contributed by atoms with E-state index in [1.54, 1.807) is 0 Å². The van der Waals surface area contributed by atoms with Crippen LogP contribution in [0.4, 0.5) is 0 Å². The van der Waals surface area contributed by atoms with Crippen molar-refractivity contribution >= 4 is 47.7 Å². The van der Waals surface area contributed by atoms with E-state index < -0.39 is 86.5 Å². The van der Waals surface area contributed by atoms with E-state index in [2.05, 4.69) is 20.8 Å². The van der Waals surface area contributed by atoms with Crippen LogP contribution in [0.5, 0.6) is 0 Å². The maximum absolute atomic E-state index is 14.1. The summed E-state index contributed by atoms with van der Waals surface area (Å²) in [6.07, 6.45) is 8.64. The molecule has 10 atom stereocenters. The first kappa shape index (κ1) is 54.3. The molecule has 0 bridgehead atoms. The Morgan fingerprint density at radius 1 is 0.571 bits per heavy atom. The van der Waals surface area contributed by atoms with Crippen molar-refractivity contribution in [2.24, 2.45) is 46.3 Å². The van der Waals surface area contributed by atoms with Crippen molar-refractivity contribution in [2.75, 3.05) is 58.9 Å². The van der Waals surface area contributed by atoms with Gasteiger partial charge in [-0.1, -0.05) is 20.8 Å². The first-order valence-corrected chi connectivity index (χ1v) is 22.1. The SMILES string of the molecule is CC(CCC(=O)O)[C@H]1CCC2C3CCC4C[C@@H](N(CC(=O)O)C(=O)CC[C@@H](C(=O)O)N(CCN(CC(=O)O)CC(=O)O)CCN(CC(=O)O)CC(=O)O)CC[C@]4(C)C3CC[C@@]21C.[Gd+3]. The number of carboxylic acid groups (broad SMARTS) is 7. The zero-order valence-corrected chi connectivity index (χ0v) is 39.0. The second-order valence-corrected chi connectivity index (χ2v) is 19.1. The van der Waals surface area contributed by atoms with Gasteiger partial charge in [-0.05, 0) is 117 Å². The summed E-state index contributed by atoms with van der Waals surface area (Å²) < 4.78 is 0. The number of hydrogen-bond donors (Lipinski definition) is 7. The van der Waals surface area contributed by atoms with Crippen molar-refractivity contribution in [2.45, 2.75) is 116 Å². The van der Waals surface area contributed by atoms with Gasteiger partial charge >= 0.3 is 81.7 Å². The summed E-state index contributed by atoms with van der Waals surface area (Å²) in [7, 11) is 0. The fourth-order valence-electron chi connectivity index (χ4n) is 12.6.